The second-order valence-electron chi connectivity index (χ2n) is 7.82. The van der Waals surface area contributed by atoms with Crippen molar-refractivity contribution in [3.8, 4) is 0 Å². The van der Waals surface area contributed by atoms with Crippen LogP contribution in [-0.2, 0) is 14.8 Å². The first kappa shape index (κ1) is 18.1. The number of amides is 1. The molecule has 2 saturated carbocycles. The zero-order valence-corrected chi connectivity index (χ0v) is 15.2. The Balaban J connectivity index is 1.38. The molecule has 1 unspecified atom stereocenters. The highest BCUT2D eigenvalue weighted by Gasteiger charge is 2.55. The molecule has 8 heteroatoms. The highest BCUT2D eigenvalue weighted by molar-refractivity contribution is 7.90. The normalized spacial score (nSPS) is 28.3. The van der Waals surface area contributed by atoms with Crippen LogP contribution in [0.3, 0.4) is 0 Å². The quantitative estimate of drug-likeness (QED) is 0.585. The van der Waals surface area contributed by atoms with E-state index in [4.69, 9.17) is 0 Å². The number of carbonyl (C=O) groups is 1. The smallest absolute Gasteiger partial charge is 0.236 e. The van der Waals surface area contributed by atoms with Crippen LogP contribution in [0.2, 0.25) is 0 Å². The van der Waals surface area contributed by atoms with E-state index >= 15 is 0 Å². The second kappa shape index (κ2) is 6.55. The van der Waals surface area contributed by atoms with Crippen LogP contribution < -0.4 is 10.0 Å². The summed E-state index contributed by atoms with van der Waals surface area (Å²) in [7, 11) is -2.18. The van der Waals surface area contributed by atoms with Crippen LogP contribution in [0, 0.1) is 5.41 Å². The van der Waals surface area contributed by atoms with Gasteiger partial charge in [-0.05, 0) is 70.5 Å². The lowest BCUT2D eigenvalue weighted by atomic mass is 9.77. The zero-order valence-electron chi connectivity index (χ0n) is 14.4. The molecule has 138 valence electrons. The standard InChI is InChI=1S/C16H29N3O4S/c1-17-24(22,23)12-14(20)18-13-11-15(13)5-8-19(9-6-15)10-7-16(21)3-2-4-16/h13,17,21H,2-12H2,1H3,(H,18,20). The lowest BCUT2D eigenvalue weighted by Crippen LogP contribution is -2.44. The van der Waals surface area contributed by atoms with Crippen molar-refractivity contribution in [2.75, 3.05) is 32.4 Å². The summed E-state index contributed by atoms with van der Waals surface area (Å²) in [5.74, 6) is -0.915. The van der Waals surface area contributed by atoms with Crippen molar-refractivity contribution in [1.29, 1.82) is 0 Å². The molecule has 1 spiro atoms. The Morgan fingerprint density at radius 1 is 1.25 bits per heavy atom. The lowest BCUT2D eigenvalue weighted by molar-refractivity contribution is -0.119. The van der Waals surface area contributed by atoms with Gasteiger partial charge in [0.2, 0.25) is 15.9 Å². The third-order valence-electron chi connectivity index (χ3n) is 6.19. The largest absolute Gasteiger partial charge is 0.390 e. The minimum Gasteiger partial charge on any atom is -0.390 e. The third-order valence-corrected chi connectivity index (χ3v) is 7.45. The predicted octanol–water partition coefficient (Wildman–Crippen LogP) is -0.189. The molecule has 0 aromatic carbocycles. The Morgan fingerprint density at radius 2 is 1.92 bits per heavy atom. The summed E-state index contributed by atoms with van der Waals surface area (Å²) in [5.41, 5.74) is -0.243. The predicted molar refractivity (Wildman–Crippen MR) is 90.9 cm³/mol. The van der Waals surface area contributed by atoms with Crippen molar-refractivity contribution in [1.82, 2.24) is 14.9 Å². The molecule has 3 rings (SSSR count). The Hall–Kier alpha value is -0.700. The number of aliphatic hydroxyl groups is 1. The maximum Gasteiger partial charge on any atom is 0.236 e. The number of carbonyl (C=O) groups excluding carboxylic acids is 1. The van der Waals surface area contributed by atoms with Gasteiger partial charge in [0.15, 0.2) is 0 Å². The van der Waals surface area contributed by atoms with Gasteiger partial charge in [0.25, 0.3) is 0 Å². The fraction of sp³-hybridized carbons (Fsp3) is 0.938. The molecule has 1 saturated heterocycles. The number of rotatable bonds is 7. The summed E-state index contributed by atoms with van der Waals surface area (Å²) in [6, 6.07) is 0.120. The Morgan fingerprint density at radius 3 is 2.46 bits per heavy atom. The van der Waals surface area contributed by atoms with Crippen LogP contribution in [0.15, 0.2) is 0 Å². The second-order valence-corrected chi connectivity index (χ2v) is 9.75. The topological polar surface area (TPSA) is 98.7 Å². The molecule has 3 aliphatic rings. The molecule has 0 aromatic heterocycles. The number of nitrogens with one attached hydrogen (secondary N) is 2. The maximum absolute atomic E-state index is 11.8. The van der Waals surface area contributed by atoms with Crippen molar-refractivity contribution in [2.24, 2.45) is 5.41 Å². The van der Waals surface area contributed by atoms with E-state index in [1.807, 2.05) is 0 Å². The van der Waals surface area contributed by atoms with Crippen molar-refractivity contribution in [3.05, 3.63) is 0 Å². The van der Waals surface area contributed by atoms with E-state index < -0.39 is 27.3 Å². The molecule has 0 bridgehead atoms. The summed E-state index contributed by atoms with van der Waals surface area (Å²) < 4.78 is 25.0. The number of nitrogens with zero attached hydrogens (tertiary/aromatic N) is 1. The number of hydrogen-bond acceptors (Lipinski definition) is 5. The monoisotopic (exact) mass is 359 g/mol. The minimum atomic E-state index is -3.50. The molecule has 2 aliphatic carbocycles. The van der Waals surface area contributed by atoms with Gasteiger partial charge in [-0.3, -0.25) is 4.79 Å². The van der Waals surface area contributed by atoms with Gasteiger partial charge in [-0.15, -0.1) is 0 Å². The maximum atomic E-state index is 11.8. The molecule has 0 radical (unpaired) electrons. The van der Waals surface area contributed by atoms with Gasteiger partial charge >= 0.3 is 0 Å². The van der Waals surface area contributed by atoms with Crippen LogP contribution in [0.5, 0.6) is 0 Å². The molecular weight excluding hydrogens is 330 g/mol. The van der Waals surface area contributed by atoms with Crippen LogP contribution >= 0.6 is 0 Å². The van der Waals surface area contributed by atoms with Gasteiger partial charge in [0.1, 0.15) is 5.75 Å². The molecule has 3 N–H and O–H groups in total. The van der Waals surface area contributed by atoms with Gasteiger partial charge in [0, 0.05) is 12.6 Å². The summed E-state index contributed by atoms with van der Waals surface area (Å²) in [5, 5.41) is 13.1. The minimum absolute atomic E-state index is 0.120. The van der Waals surface area contributed by atoms with Crippen molar-refractivity contribution in [3.63, 3.8) is 0 Å². The summed E-state index contributed by atoms with van der Waals surface area (Å²) in [6.07, 6.45) is 6.91. The van der Waals surface area contributed by atoms with E-state index in [0.717, 1.165) is 64.6 Å². The van der Waals surface area contributed by atoms with Gasteiger partial charge < -0.3 is 15.3 Å². The summed E-state index contributed by atoms with van der Waals surface area (Å²) in [4.78, 5) is 14.2. The van der Waals surface area contributed by atoms with E-state index in [9.17, 15) is 18.3 Å². The first-order valence-electron chi connectivity index (χ1n) is 8.91. The number of sulfonamides is 1. The molecule has 7 nitrogen and oxygen atoms in total. The summed E-state index contributed by atoms with van der Waals surface area (Å²) in [6.45, 7) is 2.94. The van der Waals surface area contributed by atoms with Gasteiger partial charge in [-0.1, -0.05) is 0 Å². The Bertz CT molecular complexity index is 580. The fourth-order valence-corrected chi connectivity index (χ4v) is 4.58. The molecule has 1 atom stereocenters. The molecule has 1 aliphatic heterocycles. The first-order chi connectivity index (χ1) is 11.3. The Labute approximate surface area is 144 Å². The number of piperidine rings is 1. The molecule has 1 amide bonds. The van der Waals surface area contributed by atoms with Crippen LogP contribution in [0.4, 0.5) is 0 Å². The zero-order chi connectivity index (χ0) is 17.4. The molecular formula is C16H29N3O4S. The van der Waals surface area contributed by atoms with E-state index in [0.29, 0.717) is 0 Å². The van der Waals surface area contributed by atoms with Crippen LogP contribution in [0.25, 0.3) is 0 Å². The Kier molecular flexibility index (Phi) is 4.94. The van der Waals surface area contributed by atoms with E-state index in [-0.39, 0.29) is 11.5 Å². The summed E-state index contributed by atoms with van der Waals surface area (Å²) >= 11 is 0. The van der Waals surface area contributed by atoms with Gasteiger partial charge in [0.05, 0.1) is 5.60 Å². The number of hydrogen-bond donors (Lipinski definition) is 3. The average molecular weight is 359 g/mol. The lowest BCUT2D eigenvalue weighted by Gasteiger charge is -2.40. The van der Waals surface area contributed by atoms with Gasteiger partial charge in [-0.25, -0.2) is 13.1 Å². The molecule has 0 aromatic rings. The van der Waals surface area contributed by atoms with Crippen LogP contribution in [0.1, 0.15) is 44.9 Å². The van der Waals surface area contributed by atoms with Crippen molar-refractivity contribution in [2.45, 2.75) is 56.6 Å². The highest BCUT2D eigenvalue weighted by Crippen LogP contribution is 2.54. The SMILES string of the molecule is CNS(=O)(=O)CC(=O)NC1CC12CCN(CCC1(O)CCC1)CC2. The van der Waals surface area contributed by atoms with E-state index in [1.165, 1.54) is 7.05 Å². The number of likely N-dealkylation sites (tertiary alicyclic amines) is 1. The molecule has 1 heterocycles. The highest BCUT2D eigenvalue weighted by atomic mass is 32.2. The first-order valence-corrected chi connectivity index (χ1v) is 10.6. The molecule has 3 fully saturated rings. The van der Waals surface area contributed by atoms with E-state index in [1.54, 1.807) is 0 Å². The van der Waals surface area contributed by atoms with E-state index in [2.05, 4.69) is 14.9 Å². The van der Waals surface area contributed by atoms with Crippen LogP contribution in [-0.4, -0.2) is 68.4 Å². The van der Waals surface area contributed by atoms with Gasteiger partial charge in [-0.2, -0.15) is 0 Å². The fourth-order valence-electron chi connectivity index (χ4n) is 4.01. The molecule has 24 heavy (non-hydrogen) atoms. The van der Waals surface area contributed by atoms with Crippen molar-refractivity contribution < 1.29 is 18.3 Å². The third kappa shape index (κ3) is 4.09. The van der Waals surface area contributed by atoms with Crippen molar-refractivity contribution >= 4 is 15.9 Å². The average Bonchev–Trinajstić information content (AvgIpc) is 3.15.